The average molecular weight is 569 g/mol. The third-order valence-electron chi connectivity index (χ3n) is 5.57. The SMILES string of the molecule is CC(C(=O)Nc1nnc(CCSCCc2nnc(NC(=O)Cc3ccccc3)s2)s1)[C@H](O)c1ccccc1. The molecular formula is C26H28N6O3S3. The van der Waals surface area contributed by atoms with E-state index in [-0.39, 0.29) is 11.8 Å². The van der Waals surface area contributed by atoms with Gasteiger partial charge in [-0.1, -0.05) is 90.3 Å². The molecule has 4 rings (SSSR count). The quantitative estimate of drug-likeness (QED) is 0.202. The molecule has 38 heavy (non-hydrogen) atoms. The number of aromatic nitrogens is 4. The molecule has 0 bridgehead atoms. The van der Waals surface area contributed by atoms with Crippen LogP contribution in [0.2, 0.25) is 0 Å². The van der Waals surface area contributed by atoms with Crippen molar-refractivity contribution in [1.29, 1.82) is 0 Å². The number of anilines is 2. The van der Waals surface area contributed by atoms with Crippen LogP contribution in [-0.2, 0) is 28.9 Å². The second-order valence-corrected chi connectivity index (χ2v) is 11.8. The Labute approximate surface area is 233 Å². The Hall–Kier alpha value is -3.19. The molecule has 0 spiro atoms. The summed E-state index contributed by atoms with van der Waals surface area (Å²) in [6.45, 7) is 1.69. The Morgan fingerprint density at radius 3 is 2.00 bits per heavy atom. The van der Waals surface area contributed by atoms with Gasteiger partial charge in [0.15, 0.2) is 0 Å². The molecule has 0 aliphatic heterocycles. The number of carbonyl (C=O) groups excluding carboxylic acids is 2. The van der Waals surface area contributed by atoms with Crippen molar-refractivity contribution < 1.29 is 14.7 Å². The maximum Gasteiger partial charge on any atom is 0.231 e. The van der Waals surface area contributed by atoms with Gasteiger partial charge in [-0.2, -0.15) is 11.8 Å². The molecule has 0 saturated heterocycles. The van der Waals surface area contributed by atoms with E-state index in [2.05, 4.69) is 31.0 Å². The van der Waals surface area contributed by atoms with Crippen molar-refractivity contribution in [2.75, 3.05) is 22.1 Å². The standard InChI is InChI=1S/C26H28N6O3S3/c1-17(23(34)19-10-6-3-7-11-19)24(35)28-26-32-30-22(38-26)13-15-36-14-12-21-29-31-25(37-21)27-20(33)16-18-8-4-2-5-9-18/h2-11,17,23,34H,12-16H2,1H3,(H,27,31,33)(H,28,32,35)/t17?,23-/m0/s1. The lowest BCUT2D eigenvalue weighted by atomic mass is 9.97. The first-order chi connectivity index (χ1) is 18.5. The van der Waals surface area contributed by atoms with Crippen LogP contribution in [0.15, 0.2) is 60.7 Å². The number of nitrogens with one attached hydrogen (secondary N) is 2. The largest absolute Gasteiger partial charge is 0.388 e. The number of nitrogens with zero attached hydrogens (tertiary/aromatic N) is 4. The molecule has 0 aliphatic rings. The first-order valence-corrected chi connectivity index (χ1v) is 14.9. The molecule has 4 aromatic rings. The topological polar surface area (TPSA) is 130 Å². The molecule has 198 valence electrons. The van der Waals surface area contributed by atoms with Crippen LogP contribution >= 0.6 is 34.4 Å². The molecule has 3 N–H and O–H groups in total. The van der Waals surface area contributed by atoms with Crippen molar-refractivity contribution in [2.24, 2.45) is 5.92 Å². The average Bonchev–Trinajstić information content (AvgIpc) is 3.57. The third kappa shape index (κ3) is 8.42. The zero-order valence-corrected chi connectivity index (χ0v) is 23.2. The number of rotatable bonds is 13. The van der Waals surface area contributed by atoms with Gasteiger partial charge in [-0.05, 0) is 22.6 Å². The Balaban J connectivity index is 1.13. The summed E-state index contributed by atoms with van der Waals surface area (Å²) >= 11 is 4.50. The van der Waals surface area contributed by atoms with Gasteiger partial charge in [0, 0.05) is 12.8 Å². The van der Waals surface area contributed by atoms with E-state index >= 15 is 0 Å². The van der Waals surface area contributed by atoms with Gasteiger partial charge in [-0.25, -0.2) is 0 Å². The molecular weight excluding hydrogens is 541 g/mol. The maximum atomic E-state index is 12.5. The van der Waals surface area contributed by atoms with Crippen molar-refractivity contribution in [1.82, 2.24) is 20.4 Å². The molecule has 12 heteroatoms. The number of hydrogen-bond donors (Lipinski definition) is 3. The van der Waals surface area contributed by atoms with Crippen LogP contribution in [-0.4, -0.2) is 48.8 Å². The molecule has 2 amide bonds. The monoisotopic (exact) mass is 568 g/mol. The Morgan fingerprint density at radius 2 is 1.39 bits per heavy atom. The number of hydrogen-bond acceptors (Lipinski definition) is 10. The van der Waals surface area contributed by atoms with Gasteiger partial charge in [0.25, 0.3) is 0 Å². The molecule has 0 saturated carbocycles. The fourth-order valence-electron chi connectivity index (χ4n) is 3.48. The lowest BCUT2D eigenvalue weighted by molar-refractivity contribution is -0.122. The van der Waals surface area contributed by atoms with Crippen LogP contribution in [0.5, 0.6) is 0 Å². The maximum absolute atomic E-state index is 12.5. The van der Waals surface area contributed by atoms with Crippen molar-refractivity contribution in [3.63, 3.8) is 0 Å². The summed E-state index contributed by atoms with van der Waals surface area (Å²) in [4.78, 5) is 24.7. The summed E-state index contributed by atoms with van der Waals surface area (Å²) < 4.78 is 0. The lowest BCUT2D eigenvalue weighted by Gasteiger charge is -2.17. The van der Waals surface area contributed by atoms with Crippen LogP contribution in [0.1, 0.15) is 34.2 Å². The molecule has 1 unspecified atom stereocenters. The van der Waals surface area contributed by atoms with E-state index in [0.29, 0.717) is 22.2 Å². The first-order valence-electron chi connectivity index (χ1n) is 12.1. The van der Waals surface area contributed by atoms with Crippen LogP contribution in [0.4, 0.5) is 10.3 Å². The number of amides is 2. The van der Waals surface area contributed by atoms with Crippen molar-refractivity contribution in [3.05, 3.63) is 81.8 Å². The minimum absolute atomic E-state index is 0.109. The van der Waals surface area contributed by atoms with E-state index in [4.69, 9.17) is 0 Å². The van der Waals surface area contributed by atoms with E-state index in [1.54, 1.807) is 30.8 Å². The zero-order valence-electron chi connectivity index (χ0n) is 20.7. The molecule has 0 aliphatic carbocycles. The number of aliphatic hydroxyl groups excluding tert-OH is 1. The Morgan fingerprint density at radius 1 is 0.842 bits per heavy atom. The molecule has 2 aromatic carbocycles. The summed E-state index contributed by atoms with van der Waals surface area (Å²) in [6, 6.07) is 18.7. The van der Waals surface area contributed by atoms with Gasteiger partial charge in [0.05, 0.1) is 18.4 Å². The van der Waals surface area contributed by atoms with Crippen molar-refractivity contribution >= 4 is 56.5 Å². The minimum Gasteiger partial charge on any atom is -0.388 e. The Bertz CT molecular complexity index is 1320. The minimum atomic E-state index is -0.894. The fraction of sp³-hybridized carbons (Fsp3) is 0.308. The van der Waals surface area contributed by atoms with Crippen LogP contribution < -0.4 is 10.6 Å². The van der Waals surface area contributed by atoms with Crippen molar-refractivity contribution in [3.8, 4) is 0 Å². The molecule has 9 nitrogen and oxygen atoms in total. The van der Waals surface area contributed by atoms with E-state index in [0.717, 1.165) is 39.9 Å². The smallest absolute Gasteiger partial charge is 0.231 e. The number of benzene rings is 2. The molecule has 2 aromatic heterocycles. The lowest BCUT2D eigenvalue weighted by Crippen LogP contribution is -2.25. The third-order valence-corrected chi connectivity index (χ3v) is 8.35. The number of carbonyl (C=O) groups is 2. The highest BCUT2D eigenvalue weighted by Crippen LogP contribution is 2.24. The van der Waals surface area contributed by atoms with Crippen LogP contribution in [0.3, 0.4) is 0 Å². The molecule has 2 atom stereocenters. The highest BCUT2D eigenvalue weighted by molar-refractivity contribution is 7.99. The van der Waals surface area contributed by atoms with Gasteiger partial charge >= 0.3 is 0 Å². The van der Waals surface area contributed by atoms with Gasteiger partial charge in [0.1, 0.15) is 10.0 Å². The van der Waals surface area contributed by atoms with E-state index in [1.165, 1.54) is 22.7 Å². The van der Waals surface area contributed by atoms with Gasteiger partial charge in [-0.15, -0.1) is 20.4 Å². The second-order valence-electron chi connectivity index (χ2n) is 8.46. The van der Waals surface area contributed by atoms with Crippen LogP contribution in [0, 0.1) is 5.92 Å². The Kier molecular flexibility index (Phi) is 10.3. The van der Waals surface area contributed by atoms with E-state index in [9.17, 15) is 14.7 Å². The number of aryl methyl sites for hydroxylation is 2. The van der Waals surface area contributed by atoms with Crippen LogP contribution in [0.25, 0.3) is 0 Å². The summed E-state index contributed by atoms with van der Waals surface area (Å²) in [5.41, 5.74) is 1.65. The first kappa shape index (κ1) is 27.8. The fourth-order valence-corrected chi connectivity index (χ4v) is 6.11. The molecule has 2 heterocycles. The number of thioether (sulfide) groups is 1. The highest BCUT2D eigenvalue weighted by atomic mass is 32.2. The molecule has 0 radical (unpaired) electrons. The van der Waals surface area contributed by atoms with E-state index in [1.807, 2.05) is 48.5 Å². The predicted molar refractivity (Wildman–Crippen MR) is 153 cm³/mol. The summed E-state index contributed by atoms with van der Waals surface area (Å²) in [6.07, 6.45) is 0.902. The zero-order chi connectivity index (χ0) is 26.7. The summed E-state index contributed by atoms with van der Waals surface area (Å²) in [7, 11) is 0. The van der Waals surface area contributed by atoms with Gasteiger partial charge in [-0.3, -0.25) is 9.59 Å². The summed E-state index contributed by atoms with van der Waals surface area (Å²) in [5.74, 6) is 0.682. The van der Waals surface area contributed by atoms with Gasteiger partial charge in [0.2, 0.25) is 22.1 Å². The highest BCUT2D eigenvalue weighted by Gasteiger charge is 2.24. The molecule has 0 fully saturated rings. The normalized spacial score (nSPS) is 12.6. The summed E-state index contributed by atoms with van der Waals surface area (Å²) in [5, 5.41) is 35.2. The van der Waals surface area contributed by atoms with Crippen molar-refractivity contribution in [2.45, 2.75) is 32.3 Å². The van der Waals surface area contributed by atoms with Gasteiger partial charge < -0.3 is 15.7 Å². The number of aliphatic hydroxyl groups is 1. The van der Waals surface area contributed by atoms with E-state index < -0.39 is 12.0 Å². The predicted octanol–water partition coefficient (Wildman–Crippen LogP) is 4.40. The second kappa shape index (κ2) is 14.1.